The van der Waals surface area contributed by atoms with Gasteiger partial charge in [-0.05, 0) is 11.6 Å². The minimum atomic E-state index is -0.343. The third-order valence-electron chi connectivity index (χ3n) is 2.89. The smallest absolute Gasteiger partial charge is 0.271 e. The molecule has 4 nitrogen and oxygen atoms in total. The van der Waals surface area contributed by atoms with Crippen LogP contribution in [0.3, 0.4) is 0 Å². The maximum atomic E-state index is 12.2. The van der Waals surface area contributed by atoms with E-state index in [0.29, 0.717) is 17.4 Å². The Hall–Kier alpha value is -1.65. The molecule has 110 valence electrons. The Morgan fingerprint density at radius 2 is 1.95 bits per heavy atom. The zero-order valence-electron chi connectivity index (χ0n) is 11.7. The van der Waals surface area contributed by atoms with Gasteiger partial charge in [-0.2, -0.15) is 0 Å². The van der Waals surface area contributed by atoms with Crippen LogP contribution in [0.15, 0.2) is 30.5 Å². The van der Waals surface area contributed by atoms with Crippen LogP contribution >= 0.6 is 23.2 Å². The Balaban J connectivity index is 2.14. The third-order valence-corrected chi connectivity index (χ3v) is 3.54. The number of hydrogen-bond donors (Lipinski definition) is 1. The lowest BCUT2D eigenvalue weighted by Gasteiger charge is -2.09. The lowest BCUT2D eigenvalue weighted by Crippen LogP contribution is -2.25. The van der Waals surface area contributed by atoms with Crippen LogP contribution in [0.2, 0.25) is 10.0 Å². The molecule has 1 amide bonds. The zero-order valence-corrected chi connectivity index (χ0v) is 13.2. The second-order valence-electron chi connectivity index (χ2n) is 4.85. The van der Waals surface area contributed by atoms with Gasteiger partial charge in [0.25, 0.3) is 5.91 Å². The minimum absolute atomic E-state index is 0.123. The Morgan fingerprint density at radius 3 is 2.62 bits per heavy atom. The van der Waals surface area contributed by atoms with Crippen molar-refractivity contribution in [2.45, 2.75) is 26.3 Å². The Labute approximate surface area is 133 Å². The van der Waals surface area contributed by atoms with E-state index in [0.717, 1.165) is 5.56 Å². The summed E-state index contributed by atoms with van der Waals surface area (Å²) < 4.78 is 0. The van der Waals surface area contributed by atoms with Crippen molar-refractivity contribution in [3.63, 3.8) is 0 Å². The number of benzene rings is 1. The number of amides is 1. The van der Waals surface area contributed by atoms with Crippen LogP contribution in [0.5, 0.6) is 0 Å². The fourth-order valence-corrected chi connectivity index (χ4v) is 2.10. The van der Waals surface area contributed by atoms with Crippen molar-refractivity contribution in [2.75, 3.05) is 0 Å². The van der Waals surface area contributed by atoms with Crippen LogP contribution in [0.1, 0.15) is 41.6 Å². The Morgan fingerprint density at radius 1 is 1.24 bits per heavy atom. The van der Waals surface area contributed by atoms with Crippen LogP contribution in [0, 0.1) is 0 Å². The molecule has 0 spiro atoms. The van der Waals surface area contributed by atoms with Gasteiger partial charge in [0.1, 0.15) is 11.5 Å². The first kappa shape index (κ1) is 15.7. The highest BCUT2D eigenvalue weighted by molar-refractivity contribution is 6.33. The van der Waals surface area contributed by atoms with E-state index in [4.69, 9.17) is 23.2 Å². The highest BCUT2D eigenvalue weighted by Crippen LogP contribution is 2.17. The monoisotopic (exact) mass is 323 g/mol. The number of carbonyl (C=O) groups excluding carboxylic acids is 1. The summed E-state index contributed by atoms with van der Waals surface area (Å²) in [6, 6.07) is 7.33. The van der Waals surface area contributed by atoms with Crippen LogP contribution in [0.4, 0.5) is 0 Å². The summed E-state index contributed by atoms with van der Waals surface area (Å²) in [5, 5.41) is 3.60. The molecule has 0 aliphatic heterocycles. The maximum Gasteiger partial charge on any atom is 0.271 e. The molecule has 0 saturated heterocycles. The molecule has 0 aliphatic rings. The standard InChI is InChI=1S/C15H15Cl2N3O/c1-9(2)14-18-8-12(17)13(20-14)15(21)19-7-10-5-3-4-6-11(10)16/h3-6,8-9H,7H2,1-2H3,(H,19,21). The lowest BCUT2D eigenvalue weighted by atomic mass is 10.2. The molecule has 0 atom stereocenters. The quantitative estimate of drug-likeness (QED) is 0.930. The first-order chi connectivity index (χ1) is 9.99. The van der Waals surface area contributed by atoms with E-state index in [1.54, 1.807) is 6.07 Å². The summed E-state index contributed by atoms with van der Waals surface area (Å²) >= 11 is 12.0. The normalized spacial score (nSPS) is 10.7. The number of carbonyl (C=O) groups is 1. The molecule has 0 aliphatic carbocycles. The summed E-state index contributed by atoms with van der Waals surface area (Å²) in [5.74, 6) is 0.365. The lowest BCUT2D eigenvalue weighted by molar-refractivity contribution is 0.0945. The first-order valence-corrected chi connectivity index (χ1v) is 7.28. The van der Waals surface area contributed by atoms with Gasteiger partial charge in [0, 0.05) is 17.5 Å². The molecule has 2 rings (SSSR count). The fourth-order valence-electron chi connectivity index (χ4n) is 1.72. The molecular weight excluding hydrogens is 309 g/mol. The highest BCUT2D eigenvalue weighted by Gasteiger charge is 2.15. The third kappa shape index (κ3) is 3.93. The predicted molar refractivity (Wildman–Crippen MR) is 83.8 cm³/mol. The molecule has 0 radical (unpaired) electrons. The average Bonchev–Trinajstić information content (AvgIpc) is 2.46. The topological polar surface area (TPSA) is 54.9 Å². The van der Waals surface area contributed by atoms with Gasteiger partial charge in [0.05, 0.1) is 11.2 Å². The first-order valence-electron chi connectivity index (χ1n) is 6.53. The highest BCUT2D eigenvalue weighted by atomic mass is 35.5. The molecule has 0 fully saturated rings. The van der Waals surface area contributed by atoms with Gasteiger partial charge >= 0.3 is 0 Å². The van der Waals surface area contributed by atoms with Crippen LogP contribution < -0.4 is 5.32 Å². The van der Waals surface area contributed by atoms with Gasteiger partial charge in [-0.1, -0.05) is 55.2 Å². The van der Waals surface area contributed by atoms with Crippen LogP contribution in [0.25, 0.3) is 0 Å². The number of aromatic nitrogens is 2. The second-order valence-corrected chi connectivity index (χ2v) is 5.67. The largest absolute Gasteiger partial charge is 0.347 e. The van der Waals surface area contributed by atoms with Crippen LogP contribution in [-0.4, -0.2) is 15.9 Å². The molecule has 1 aromatic heterocycles. The van der Waals surface area contributed by atoms with Crippen molar-refractivity contribution in [2.24, 2.45) is 0 Å². The van der Waals surface area contributed by atoms with Crippen LogP contribution in [-0.2, 0) is 6.54 Å². The average molecular weight is 324 g/mol. The van der Waals surface area contributed by atoms with Crippen molar-refractivity contribution >= 4 is 29.1 Å². The molecular formula is C15H15Cl2N3O. The van der Waals surface area contributed by atoms with E-state index in [1.165, 1.54) is 6.20 Å². The van der Waals surface area contributed by atoms with Gasteiger partial charge in [0.2, 0.25) is 0 Å². The van der Waals surface area contributed by atoms with E-state index in [-0.39, 0.29) is 22.5 Å². The summed E-state index contributed by atoms with van der Waals surface area (Å²) in [7, 11) is 0. The van der Waals surface area contributed by atoms with Crippen molar-refractivity contribution in [3.05, 3.63) is 57.6 Å². The minimum Gasteiger partial charge on any atom is -0.347 e. The van der Waals surface area contributed by atoms with E-state index < -0.39 is 0 Å². The summed E-state index contributed by atoms with van der Waals surface area (Å²) in [4.78, 5) is 20.5. The van der Waals surface area contributed by atoms with Gasteiger partial charge in [-0.15, -0.1) is 0 Å². The molecule has 0 saturated carbocycles. The molecule has 1 aromatic carbocycles. The van der Waals surface area contributed by atoms with Gasteiger partial charge < -0.3 is 5.32 Å². The summed E-state index contributed by atoms with van der Waals surface area (Å²) in [5.41, 5.74) is 1.02. The number of nitrogens with one attached hydrogen (secondary N) is 1. The molecule has 1 heterocycles. The molecule has 2 aromatic rings. The van der Waals surface area contributed by atoms with Crippen molar-refractivity contribution in [3.8, 4) is 0 Å². The number of nitrogens with zero attached hydrogens (tertiary/aromatic N) is 2. The van der Waals surface area contributed by atoms with Gasteiger partial charge in [-0.3, -0.25) is 4.79 Å². The van der Waals surface area contributed by atoms with Crippen molar-refractivity contribution in [1.82, 2.24) is 15.3 Å². The number of hydrogen-bond acceptors (Lipinski definition) is 3. The van der Waals surface area contributed by atoms with Gasteiger partial charge in [-0.25, -0.2) is 9.97 Å². The summed E-state index contributed by atoms with van der Waals surface area (Å²) in [6.07, 6.45) is 1.45. The molecule has 6 heteroatoms. The van der Waals surface area contributed by atoms with E-state index >= 15 is 0 Å². The molecule has 0 unspecified atom stereocenters. The SMILES string of the molecule is CC(C)c1ncc(Cl)c(C(=O)NCc2ccccc2Cl)n1. The van der Waals surface area contributed by atoms with Crippen molar-refractivity contribution < 1.29 is 4.79 Å². The van der Waals surface area contributed by atoms with E-state index in [9.17, 15) is 4.79 Å². The molecule has 1 N–H and O–H groups in total. The fraction of sp³-hybridized carbons (Fsp3) is 0.267. The maximum absolute atomic E-state index is 12.2. The van der Waals surface area contributed by atoms with Crippen molar-refractivity contribution in [1.29, 1.82) is 0 Å². The number of rotatable bonds is 4. The Kier molecular flexibility index (Phi) is 5.15. The predicted octanol–water partition coefficient (Wildman–Crippen LogP) is 3.84. The summed E-state index contributed by atoms with van der Waals surface area (Å²) in [6.45, 7) is 4.22. The number of halogens is 2. The molecule has 21 heavy (non-hydrogen) atoms. The Bertz CT molecular complexity index is 659. The van der Waals surface area contributed by atoms with E-state index in [2.05, 4.69) is 15.3 Å². The molecule has 0 bridgehead atoms. The van der Waals surface area contributed by atoms with E-state index in [1.807, 2.05) is 32.0 Å². The van der Waals surface area contributed by atoms with Gasteiger partial charge in [0.15, 0.2) is 0 Å². The second kappa shape index (κ2) is 6.87. The zero-order chi connectivity index (χ0) is 15.4.